The maximum Gasteiger partial charge on any atom is 0.234 e. The van der Waals surface area contributed by atoms with Crippen LogP contribution in [0.15, 0.2) is 30.3 Å². The maximum atomic E-state index is 13.0. The van der Waals surface area contributed by atoms with Gasteiger partial charge in [0, 0.05) is 11.4 Å². The zero-order chi connectivity index (χ0) is 19.4. The van der Waals surface area contributed by atoms with Crippen molar-refractivity contribution < 1.29 is 9.53 Å². The minimum atomic E-state index is 0.0327. The molecule has 2 heterocycles. The van der Waals surface area contributed by atoms with Crippen molar-refractivity contribution >= 4 is 55.5 Å². The number of benzene rings is 1. The largest absolute Gasteiger partial charge is 0.494 e. The van der Waals surface area contributed by atoms with Crippen molar-refractivity contribution in [2.75, 3.05) is 39.2 Å². The van der Waals surface area contributed by atoms with Gasteiger partial charge in [-0.15, -0.1) is 11.3 Å². The summed E-state index contributed by atoms with van der Waals surface area (Å²) in [5, 5.41) is 0.709. The average Bonchev–Trinajstić information content (AvgIpc) is 3.23. The van der Waals surface area contributed by atoms with Gasteiger partial charge in [-0.1, -0.05) is 29.0 Å². The van der Waals surface area contributed by atoms with Gasteiger partial charge in [0.05, 0.1) is 22.6 Å². The Morgan fingerprint density at radius 2 is 2.00 bits per heavy atom. The van der Waals surface area contributed by atoms with Crippen molar-refractivity contribution in [3.8, 4) is 5.75 Å². The van der Waals surface area contributed by atoms with Crippen molar-refractivity contribution in [1.29, 1.82) is 0 Å². The Morgan fingerprint density at radius 1 is 1.19 bits per heavy atom. The second-order valence-corrected chi connectivity index (χ2v) is 9.20. The number of halogens is 1. The van der Waals surface area contributed by atoms with Gasteiger partial charge in [-0.05, 0) is 51.3 Å². The van der Waals surface area contributed by atoms with Gasteiger partial charge in [0.1, 0.15) is 11.3 Å². The first-order chi connectivity index (χ1) is 13.0. The summed E-state index contributed by atoms with van der Waals surface area (Å²) in [5.41, 5.74) is 0.796. The minimum absolute atomic E-state index is 0.0327. The Kier molecular flexibility index (Phi) is 6.70. The third-order valence-corrected chi connectivity index (χ3v) is 6.34. The number of aromatic nitrogens is 1. The highest BCUT2D eigenvalue weighted by Gasteiger charge is 2.21. The van der Waals surface area contributed by atoms with Gasteiger partial charge >= 0.3 is 0 Å². The van der Waals surface area contributed by atoms with Gasteiger partial charge in [-0.3, -0.25) is 9.69 Å². The molecule has 0 saturated carbocycles. The highest BCUT2D eigenvalue weighted by molar-refractivity contribution is 7.22. The van der Waals surface area contributed by atoms with Crippen LogP contribution < -0.4 is 9.64 Å². The summed E-state index contributed by atoms with van der Waals surface area (Å²) in [5.74, 6) is 0.756. The van der Waals surface area contributed by atoms with E-state index in [1.54, 1.807) is 12.0 Å². The highest BCUT2D eigenvalue weighted by Crippen LogP contribution is 2.34. The van der Waals surface area contributed by atoms with E-state index in [1.807, 2.05) is 44.4 Å². The molecule has 0 fully saturated rings. The number of rotatable bonds is 8. The fourth-order valence-electron chi connectivity index (χ4n) is 2.76. The number of carbonyl (C=O) groups is 1. The molecule has 144 valence electrons. The molecule has 1 aromatic carbocycles. The maximum absolute atomic E-state index is 13.0. The Labute approximate surface area is 172 Å². The molecule has 3 rings (SSSR count). The fraction of sp³-hybridized carbons (Fsp3) is 0.368. The number of anilines is 1. The van der Waals surface area contributed by atoms with E-state index >= 15 is 0 Å². The van der Waals surface area contributed by atoms with Gasteiger partial charge in [0.15, 0.2) is 5.13 Å². The van der Waals surface area contributed by atoms with Gasteiger partial charge < -0.3 is 9.64 Å². The fourth-order valence-corrected chi connectivity index (χ4v) is 4.86. The summed E-state index contributed by atoms with van der Waals surface area (Å²) in [6.45, 7) is 1.53. The number of para-hydroxylation sites is 1. The molecule has 0 bridgehead atoms. The Balaban J connectivity index is 1.87. The van der Waals surface area contributed by atoms with Crippen LogP contribution in [0.1, 0.15) is 11.3 Å². The second-order valence-electron chi connectivity index (χ2n) is 6.39. The van der Waals surface area contributed by atoms with Crippen molar-refractivity contribution in [1.82, 2.24) is 9.88 Å². The molecule has 0 aliphatic heterocycles. The van der Waals surface area contributed by atoms with E-state index in [0.717, 1.165) is 33.8 Å². The second kappa shape index (κ2) is 9.01. The van der Waals surface area contributed by atoms with Gasteiger partial charge in [0.2, 0.25) is 5.91 Å². The summed E-state index contributed by atoms with van der Waals surface area (Å²) in [4.78, 5) is 22.6. The lowest BCUT2D eigenvalue weighted by Crippen LogP contribution is -2.34. The lowest BCUT2D eigenvalue weighted by molar-refractivity contribution is -0.118. The van der Waals surface area contributed by atoms with Crippen LogP contribution in [0.25, 0.3) is 10.2 Å². The lowest BCUT2D eigenvalue weighted by Gasteiger charge is -2.20. The van der Waals surface area contributed by atoms with Crippen LogP contribution in [0.4, 0.5) is 5.13 Å². The zero-order valence-electron chi connectivity index (χ0n) is 15.6. The number of ether oxygens (including phenoxy) is 1. The summed E-state index contributed by atoms with van der Waals surface area (Å²) in [6.07, 6.45) is 1.20. The topological polar surface area (TPSA) is 45.7 Å². The van der Waals surface area contributed by atoms with E-state index in [0.29, 0.717) is 22.4 Å². The zero-order valence-corrected chi connectivity index (χ0v) is 18.0. The van der Waals surface area contributed by atoms with Crippen LogP contribution in [-0.2, 0) is 11.2 Å². The third kappa shape index (κ3) is 4.99. The summed E-state index contributed by atoms with van der Waals surface area (Å²) < 4.78 is 7.12. The van der Waals surface area contributed by atoms with E-state index in [1.165, 1.54) is 22.7 Å². The number of fused-ring (bicyclic) bond motifs is 1. The number of hydrogen-bond donors (Lipinski definition) is 0. The molecule has 0 N–H and O–H groups in total. The number of hydrogen-bond acceptors (Lipinski definition) is 6. The Morgan fingerprint density at radius 3 is 2.67 bits per heavy atom. The smallest absolute Gasteiger partial charge is 0.234 e. The first-order valence-electron chi connectivity index (χ1n) is 8.61. The monoisotopic (exact) mass is 423 g/mol. The van der Waals surface area contributed by atoms with Gasteiger partial charge in [-0.2, -0.15) is 0 Å². The molecule has 2 aromatic heterocycles. The average molecular weight is 424 g/mol. The quantitative estimate of drug-likeness (QED) is 0.533. The predicted molar refractivity (Wildman–Crippen MR) is 115 cm³/mol. The van der Waals surface area contributed by atoms with Crippen LogP contribution in [0.5, 0.6) is 5.75 Å². The first-order valence-corrected chi connectivity index (χ1v) is 10.6. The molecule has 0 unspecified atom stereocenters. The van der Waals surface area contributed by atoms with Crippen LogP contribution in [0.2, 0.25) is 4.34 Å². The summed E-state index contributed by atoms with van der Waals surface area (Å²) >= 11 is 8.97. The van der Waals surface area contributed by atoms with E-state index in [2.05, 4.69) is 4.90 Å². The van der Waals surface area contributed by atoms with Crippen LogP contribution in [0, 0.1) is 0 Å². The molecular weight excluding hydrogens is 402 g/mol. The van der Waals surface area contributed by atoms with E-state index in [-0.39, 0.29) is 5.91 Å². The Hall–Kier alpha value is -1.67. The summed E-state index contributed by atoms with van der Waals surface area (Å²) in [6, 6.07) is 9.56. The van der Waals surface area contributed by atoms with Gasteiger partial charge in [-0.25, -0.2) is 4.98 Å². The lowest BCUT2D eigenvalue weighted by atomic mass is 10.3. The number of methoxy groups -OCH3 is 1. The SMILES string of the molecule is COc1cccc2sc(N(CCCN(C)C)C(=O)Cc3ccc(Cl)s3)nc12. The normalized spacial score (nSPS) is 11.3. The molecule has 0 atom stereocenters. The molecule has 3 aromatic rings. The van der Waals surface area contributed by atoms with Crippen LogP contribution >= 0.6 is 34.3 Å². The van der Waals surface area contributed by atoms with Crippen molar-refractivity contribution in [2.45, 2.75) is 12.8 Å². The molecule has 0 radical (unpaired) electrons. The molecule has 5 nitrogen and oxygen atoms in total. The summed E-state index contributed by atoms with van der Waals surface area (Å²) in [7, 11) is 5.69. The van der Waals surface area contributed by atoms with Crippen molar-refractivity contribution in [3.05, 3.63) is 39.5 Å². The molecule has 1 amide bonds. The number of thiazole rings is 1. The van der Waals surface area contributed by atoms with Crippen molar-refractivity contribution in [2.24, 2.45) is 0 Å². The third-order valence-electron chi connectivity index (χ3n) is 4.06. The molecule has 27 heavy (non-hydrogen) atoms. The van der Waals surface area contributed by atoms with Crippen LogP contribution in [0.3, 0.4) is 0 Å². The Bertz CT molecular complexity index is 923. The number of thiophene rings is 1. The van der Waals surface area contributed by atoms with E-state index < -0.39 is 0 Å². The van der Waals surface area contributed by atoms with E-state index in [4.69, 9.17) is 21.3 Å². The standard InChI is InChI=1S/C19H22ClN3O2S2/c1-22(2)10-5-11-23(17(24)12-13-8-9-16(20)26-13)19-21-18-14(25-3)6-4-7-15(18)27-19/h4,6-9H,5,10-12H2,1-3H3. The molecule has 0 aliphatic rings. The minimum Gasteiger partial charge on any atom is -0.494 e. The number of carbonyl (C=O) groups excluding carboxylic acids is 1. The number of nitrogens with zero attached hydrogens (tertiary/aromatic N) is 3. The molecule has 8 heteroatoms. The molecule has 0 spiro atoms. The van der Waals surface area contributed by atoms with Crippen LogP contribution in [-0.4, -0.2) is 50.1 Å². The highest BCUT2D eigenvalue weighted by atomic mass is 35.5. The molecular formula is C19H22ClN3O2S2. The van der Waals surface area contributed by atoms with Crippen molar-refractivity contribution in [3.63, 3.8) is 0 Å². The van der Waals surface area contributed by atoms with E-state index in [9.17, 15) is 4.79 Å². The molecule has 0 aliphatic carbocycles. The predicted octanol–water partition coefficient (Wildman–Crippen LogP) is 4.55. The molecule has 0 saturated heterocycles. The first kappa shape index (κ1) is 20.1. The number of amides is 1. The van der Waals surface area contributed by atoms with Gasteiger partial charge in [0.25, 0.3) is 0 Å².